The lowest BCUT2D eigenvalue weighted by atomic mass is 10.1. The second kappa shape index (κ2) is 7.91. The highest BCUT2D eigenvalue weighted by Gasteiger charge is 2.14. The fraction of sp³-hybridized carbons (Fsp3) is 0.182. The van der Waals surface area contributed by atoms with Crippen LogP contribution in [0.4, 0.5) is 0 Å². The third kappa shape index (κ3) is 3.97. The summed E-state index contributed by atoms with van der Waals surface area (Å²) in [7, 11) is 0. The van der Waals surface area contributed by atoms with Crippen molar-refractivity contribution in [1.29, 1.82) is 0 Å². The van der Waals surface area contributed by atoms with Crippen molar-refractivity contribution in [2.45, 2.75) is 19.2 Å². The van der Waals surface area contributed by atoms with Crippen LogP contribution in [0.25, 0.3) is 21.8 Å². The van der Waals surface area contributed by atoms with Crippen LogP contribution in [0.2, 0.25) is 10.0 Å². The summed E-state index contributed by atoms with van der Waals surface area (Å²) in [6.45, 7) is 1.73. The number of aliphatic hydroxyl groups excluding tert-OH is 1. The summed E-state index contributed by atoms with van der Waals surface area (Å²) in [6.07, 6.45) is -0.515. The summed E-state index contributed by atoms with van der Waals surface area (Å²) in [5.74, 6) is 0. The van der Waals surface area contributed by atoms with Crippen molar-refractivity contribution in [3.05, 3.63) is 82.3 Å². The molecule has 5 heteroatoms. The number of nitrogens with zero attached hydrogens (tertiary/aromatic N) is 1. The lowest BCUT2D eigenvalue weighted by Gasteiger charge is -2.15. The normalized spacial score (nSPS) is 12.7. The van der Waals surface area contributed by atoms with Gasteiger partial charge >= 0.3 is 0 Å². The Morgan fingerprint density at radius 2 is 1.44 bits per heavy atom. The number of nitrogens with one attached hydrogen (secondary N) is 1. The first-order valence-electron chi connectivity index (χ1n) is 8.91. The second-order valence-electron chi connectivity index (χ2n) is 6.70. The molecule has 2 N–H and O–H groups in total. The molecule has 0 aliphatic carbocycles. The summed E-state index contributed by atoms with van der Waals surface area (Å²) in [5, 5.41) is 17.4. The van der Waals surface area contributed by atoms with Crippen molar-refractivity contribution in [2.24, 2.45) is 0 Å². The van der Waals surface area contributed by atoms with Crippen LogP contribution in [0.1, 0.15) is 5.56 Å². The van der Waals surface area contributed by atoms with Gasteiger partial charge in [0.15, 0.2) is 0 Å². The first-order valence-corrected chi connectivity index (χ1v) is 9.67. The highest BCUT2D eigenvalue weighted by Crippen LogP contribution is 2.32. The molecular weight excluding hydrogens is 379 g/mol. The van der Waals surface area contributed by atoms with Crippen LogP contribution >= 0.6 is 23.2 Å². The predicted molar refractivity (Wildman–Crippen MR) is 114 cm³/mol. The molecule has 1 heterocycles. The van der Waals surface area contributed by atoms with E-state index in [0.29, 0.717) is 23.1 Å². The minimum Gasteiger partial charge on any atom is -0.390 e. The second-order valence-corrected chi connectivity index (χ2v) is 7.58. The molecule has 3 aromatic carbocycles. The SMILES string of the molecule is O[C@@H](CNCc1ccccc1)Cn1c2ccc(Cl)cc2c2cc(Cl)ccc21. The maximum atomic E-state index is 10.6. The minimum absolute atomic E-state index is 0.491. The van der Waals surface area contributed by atoms with E-state index in [0.717, 1.165) is 28.4 Å². The van der Waals surface area contributed by atoms with Gasteiger partial charge in [-0.1, -0.05) is 53.5 Å². The molecule has 0 aliphatic heterocycles. The smallest absolute Gasteiger partial charge is 0.0843 e. The molecule has 3 nitrogen and oxygen atoms in total. The van der Waals surface area contributed by atoms with Crippen molar-refractivity contribution < 1.29 is 5.11 Å². The van der Waals surface area contributed by atoms with Crippen molar-refractivity contribution in [2.75, 3.05) is 6.54 Å². The number of hydrogen-bond donors (Lipinski definition) is 2. The van der Waals surface area contributed by atoms with Crippen LogP contribution < -0.4 is 5.32 Å². The first-order chi connectivity index (χ1) is 13.1. The Balaban J connectivity index is 1.57. The Hall–Kier alpha value is -2.04. The molecule has 0 saturated carbocycles. The van der Waals surface area contributed by atoms with Crippen LogP contribution in [0, 0.1) is 0 Å². The molecule has 0 unspecified atom stereocenters. The summed E-state index contributed by atoms with van der Waals surface area (Å²) >= 11 is 12.4. The van der Waals surface area contributed by atoms with Gasteiger partial charge in [-0.3, -0.25) is 0 Å². The largest absolute Gasteiger partial charge is 0.390 e. The van der Waals surface area contributed by atoms with Crippen LogP contribution in [-0.4, -0.2) is 22.3 Å². The van der Waals surface area contributed by atoms with Gasteiger partial charge in [0.1, 0.15) is 0 Å². The lowest BCUT2D eigenvalue weighted by molar-refractivity contribution is 0.154. The Labute approximate surface area is 168 Å². The molecule has 4 rings (SSSR count). The molecule has 0 amide bonds. The molecule has 0 bridgehead atoms. The highest BCUT2D eigenvalue weighted by atomic mass is 35.5. The molecule has 138 valence electrons. The van der Waals surface area contributed by atoms with Gasteiger partial charge in [0.2, 0.25) is 0 Å². The maximum absolute atomic E-state index is 10.6. The first kappa shape index (κ1) is 18.3. The van der Waals surface area contributed by atoms with Crippen LogP contribution in [0.15, 0.2) is 66.7 Å². The fourth-order valence-electron chi connectivity index (χ4n) is 3.50. The van der Waals surface area contributed by atoms with Crippen molar-refractivity contribution >= 4 is 45.0 Å². The Morgan fingerprint density at radius 3 is 2.04 bits per heavy atom. The molecule has 0 fully saturated rings. The molecule has 0 aliphatic rings. The molecule has 1 aromatic heterocycles. The third-order valence-electron chi connectivity index (χ3n) is 4.73. The van der Waals surface area contributed by atoms with E-state index in [1.807, 2.05) is 54.6 Å². The Morgan fingerprint density at radius 1 is 0.852 bits per heavy atom. The molecule has 27 heavy (non-hydrogen) atoms. The highest BCUT2D eigenvalue weighted by molar-refractivity contribution is 6.33. The molecule has 0 radical (unpaired) electrons. The number of aromatic nitrogens is 1. The average Bonchev–Trinajstić information content (AvgIpc) is 2.95. The molecule has 1 atom stereocenters. The zero-order valence-corrected chi connectivity index (χ0v) is 16.2. The van der Waals surface area contributed by atoms with Crippen molar-refractivity contribution in [1.82, 2.24) is 9.88 Å². The van der Waals surface area contributed by atoms with Gasteiger partial charge in [-0.25, -0.2) is 0 Å². The Kier molecular flexibility index (Phi) is 5.37. The van der Waals surface area contributed by atoms with Crippen LogP contribution in [0.3, 0.4) is 0 Å². The van der Waals surface area contributed by atoms with Gasteiger partial charge in [-0.2, -0.15) is 0 Å². The number of aliphatic hydroxyl groups is 1. The summed E-state index contributed by atoms with van der Waals surface area (Å²) < 4.78 is 2.13. The maximum Gasteiger partial charge on any atom is 0.0843 e. The van der Waals surface area contributed by atoms with Gasteiger partial charge < -0.3 is 15.0 Å². The zero-order chi connectivity index (χ0) is 18.8. The molecule has 0 spiro atoms. The van der Waals surface area contributed by atoms with Gasteiger partial charge in [-0.05, 0) is 42.0 Å². The monoisotopic (exact) mass is 398 g/mol. The van der Waals surface area contributed by atoms with Crippen LogP contribution in [-0.2, 0) is 13.1 Å². The fourth-order valence-corrected chi connectivity index (χ4v) is 3.84. The standard InChI is InChI=1S/C22H20Cl2N2O/c23-16-6-8-21-19(10-16)20-11-17(24)7-9-22(20)26(21)14-18(27)13-25-12-15-4-2-1-3-5-15/h1-11,18,25,27H,12-14H2/t18-/m0/s1. The molecule has 0 saturated heterocycles. The summed E-state index contributed by atoms with van der Waals surface area (Å²) in [5.41, 5.74) is 3.28. The van der Waals surface area contributed by atoms with Crippen molar-refractivity contribution in [3.63, 3.8) is 0 Å². The minimum atomic E-state index is -0.515. The van der Waals surface area contributed by atoms with E-state index < -0.39 is 6.10 Å². The lowest BCUT2D eigenvalue weighted by Crippen LogP contribution is -2.29. The third-order valence-corrected chi connectivity index (χ3v) is 5.20. The number of halogens is 2. The number of hydrogen-bond acceptors (Lipinski definition) is 2. The van der Waals surface area contributed by atoms with E-state index in [1.54, 1.807) is 0 Å². The van der Waals surface area contributed by atoms with Gasteiger partial charge in [-0.15, -0.1) is 0 Å². The topological polar surface area (TPSA) is 37.2 Å². The molecule has 4 aromatic rings. The van der Waals surface area contributed by atoms with Crippen LogP contribution in [0.5, 0.6) is 0 Å². The van der Waals surface area contributed by atoms with E-state index in [9.17, 15) is 5.11 Å². The van der Waals surface area contributed by atoms with Crippen molar-refractivity contribution in [3.8, 4) is 0 Å². The quantitative estimate of drug-likeness (QED) is 0.465. The average molecular weight is 399 g/mol. The summed E-state index contributed by atoms with van der Waals surface area (Å²) in [4.78, 5) is 0. The number of benzene rings is 3. The van der Waals surface area contributed by atoms with E-state index in [4.69, 9.17) is 23.2 Å². The van der Waals surface area contributed by atoms with Gasteiger partial charge in [0.25, 0.3) is 0 Å². The van der Waals surface area contributed by atoms with E-state index >= 15 is 0 Å². The van der Waals surface area contributed by atoms with Gasteiger partial charge in [0.05, 0.1) is 12.6 Å². The number of rotatable bonds is 6. The summed E-state index contributed by atoms with van der Waals surface area (Å²) in [6, 6.07) is 21.8. The van der Waals surface area contributed by atoms with E-state index in [2.05, 4.69) is 22.0 Å². The number of fused-ring (bicyclic) bond motifs is 3. The van der Waals surface area contributed by atoms with E-state index in [1.165, 1.54) is 5.56 Å². The zero-order valence-electron chi connectivity index (χ0n) is 14.7. The molecular formula is C22H20Cl2N2O. The predicted octanol–water partition coefficient (Wildman–Crippen LogP) is 5.25. The van der Waals surface area contributed by atoms with E-state index in [-0.39, 0.29) is 0 Å². The van der Waals surface area contributed by atoms with Gasteiger partial charge in [0, 0.05) is 44.9 Å². The Bertz CT molecular complexity index is 1020.